The predicted octanol–water partition coefficient (Wildman–Crippen LogP) is 4.19. The molecule has 0 radical (unpaired) electrons. The van der Waals surface area contributed by atoms with Crippen LogP contribution in [0.4, 0.5) is 0 Å². The summed E-state index contributed by atoms with van der Waals surface area (Å²) in [5.74, 6) is -0.467. The number of hydrogen-bond acceptors (Lipinski definition) is 6. The van der Waals surface area contributed by atoms with Gasteiger partial charge in [0.05, 0.1) is 6.61 Å². The zero-order valence-corrected chi connectivity index (χ0v) is 20.9. The van der Waals surface area contributed by atoms with Gasteiger partial charge in [0.25, 0.3) is 0 Å². The number of hydrogen-bond donors (Lipinski definition) is 1. The molecule has 190 valence electrons. The molecule has 8 heteroatoms. The molecule has 0 saturated carbocycles. The Balaban J connectivity index is -0.000000490. The van der Waals surface area contributed by atoms with Gasteiger partial charge in [0.2, 0.25) is 11.1 Å². The summed E-state index contributed by atoms with van der Waals surface area (Å²) >= 11 is 4.71. The predicted molar refractivity (Wildman–Crippen MR) is 141 cm³/mol. The summed E-state index contributed by atoms with van der Waals surface area (Å²) in [6.45, 7) is 27.6. The van der Waals surface area contributed by atoms with Crippen molar-refractivity contribution in [2.75, 3.05) is 39.4 Å². The van der Waals surface area contributed by atoms with Crippen LogP contribution in [0.3, 0.4) is 0 Å². The highest BCUT2D eigenvalue weighted by Gasteiger charge is 2.10. The first-order chi connectivity index (χ1) is 16.2. The molecule has 0 spiro atoms. The van der Waals surface area contributed by atoms with Crippen molar-refractivity contribution in [2.45, 2.75) is 19.3 Å². The Labute approximate surface area is 209 Å². The van der Waals surface area contributed by atoms with Gasteiger partial charge in [-0.1, -0.05) is 44.0 Å². The highest BCUT2D eigenvalue weighted by Crippen LogP contribution is 2.05. The van der Waals surface area contributed by atoms with Crippen LogP contribution in [0.25, 0.3) is 0 Å². The van der Waals surface area contributed by atoms with Gasteiger partial charge in [0.15, 0.2) is 0 Å². The number of carbonyl (C=O) groups excluding carboxylic acids is 3. The Morgan fingerprint density at radius 2 is 1.24 bits per heavy atom. The highest BCUT2D eigenvalue weighted by molar-refractivity contribution is 6.66. The van der Waals surface area contributed by atoms with Gasteiger partial charge in [-0.05, 0) is 24.1 Å². The molecule has 0 fully saturated rings. The number of allylic oxidation sites excluding steroid dienone is 1. The molecule has 0 bridgehead atoms. The molecule has 0 aromatic carbocycles. The third-order valence-corrected chi connectivity index (χ3v) is 3.86. The average molecular weight is 495 g/mol. The SMILES string of the molecule is C=CC(=O)Cl.C=CCN(CC=C)C(=C)CCO.C=CCN(CC=C)C(=O)CCCOC(=O)C=C. The first-order valence-electron chi connectivity index (χ1n) is 10.5. The molecule has 34 heavy (non-hydrogen) atoms. The van der Waals surface area contributed by atoms with Crippen molar-refractivity contribution in [3.8, 4) is 0 Å². The Hall–Kier alpha value is -3.16. The largest absolute Gasteiger partial charge is 0.463 e. The molecule has 0 aliphatic heterocycles. The lowest BCUT2D eigenvalue weighted by atomic mass is 10.2. The number of aliphatic hydroxyl groups is 1. The van der Waals surface area contributed by atoms with Crippen LogP contribution >= 0.6 is 11.6 Å². The number of amides is 1. The third-order valence-electron chi connectivity index (χ3n) is 3.70. The molecule has 0 aromatic rings. The zero-order chi connectivity index (χ0) is 26.8. The fourth-order valence-corrected chi connectivity index (χ4v) is 2.13. The minimum atomic E-state index is -0.509. The maximum Gasteiger partial charge on any atom is 0.330 e. The van der Waals surface area contributed by atoms with E-state index in [4.69, 9.17) is 21.4 Å². The first kappa shape index (κ1) is 35.4. The number of halogens is 1. The molecule has 0 aliphatic carbocycles. The van der Waals surface area contributed by atoms with Crippen LogP contribution in [0.1, 0.15) is 19.3 Å². The van der Waals surface area contributed by atoms with Crippen molar-refractivity contribution >= 4 is 28.7 Å². The van der Waals surface area contributed by atoms with Gasteiger partial charge in [-0.25, -0.2) is 4.79 Å². The van der Waals surface area contributed by atoms with E-state index >= 15 is 0 Å². The number of rotatable bonds is 17. The summed E-state index contributed by atoms with van der Waals surface area (Å²) in [4.78, 5) is 35.6. The van der Waals surface area contributed by atoms with Gasteiger partial charge in [-0.2, -0.15) is 0 Å². The standard InChI is InChI=1S/C13H19NO3.C10H17NO.C3H3ClO/c1-4-9-14(10-5-2)12(15)8-7-11-17-13(16)6-3;1-4-7-11(8-5-2)10(3)6-9-12;1-2-3(4)5/h4-6H,1-3,7-11H2;4-5,12H,1-3,6-9H2;2H,1H2. The van der Waals surface area contributed by atoms with E-state index in [1.807, 2.05) is 17.1 Å². The molecule has 7 nitrogen and oxygen atoms in total. The molecule has 1 N–H and O–H groups in total. The summed E-state index contributed by atoms with van der Waals surface area (Å²) < 4.78 is 4.77. The van der Waals surface area contributed by atoms with Crippen molar-refractivity contribution in [1.29, 1.82) is 0 Å². The molecule has 0 rings (SSSR count). The van der Waals surface area contributed by atoms with Crippen LogP contribution in [0.5, 0.6) is 0 Å². The molecule has 1 amide bonds. The molecular formula is C26H39ClN2O5. The monoisotopic (exact) mass is 494 g/mol. The average Bonchev–Trinajstić information content (AvgIpc) is 2.82. The van der Waals surface area contributed by atoms with E-state index in [1.54, 1.807) is 17.1 Å². The maximum atomic E-state index is 11.7. The molecule has 0 unspecified atom stereocenters. The third kappa shape index (κ3) is 23.5. The minimum Gasteiger partial charge on any atom is -0.463 e. The van der Waals surface area contributed by atoms with Gasteiger partial charge in [-0.15, -0.1) is 26.3 Å². The summed E-state index contributed by atoms with van der Waals surface area (Å²) in [7, 11) is 0. The van der Waals surface area contributed by atoms with Crippen LogP contribution in [0.15, 0.2) is 88.2 Å². The molecule has 0 atom stereocenters. The van der Waals surface area contributed by atoms with Crippen LogP contribution < -0.4 is 0 Å². The Bertz CT molecular complexity index is 669. The fourth-order valence-electron chi connectivity index (χ4n) is 2.13. The Morgan fingerprint density at radius 1 is 0.794 bits per heavy atom. The minimum absolute atomic E-state index is 0.000507. The number of esters is 1. The lowest BCUT2D eigenvalue weighted by Gasteiger charge is -2.23. The fraction of sp³-hybridized carbons (Fsp3) is 0.346. The lowest BCUT2D eigenvalue weighted by molar-refractivity contribution is -0.139. The smallest absolute Gasteiger partial charge is 0.330 e. The second-order valence-electron chi connectivity index (χ2n) is 6.38. The van der Waals surface area contributed by atoms with E-state index in [1.165, 1.54) is 0 Å². The summed E-state index contributed by atoms with van der Waals surface area (Å²) in [6.07, 6.45) is 10.6. The first-order valence-corrected chi connectivity index (χ1v) is 10.9. The number of aliphatic hydroxyl groups excluding tert-OH is 1. The van der Waals surface area contributed by atoms with E-state index in [0.717, 1.165) is 30.9 Å². The van der Waals surface area contributed by atoms with Gasteiger partial charge < -0.3 is 19.6 Å². The molecule has 0 aliphatic rings. The van der Waals surface area contributed by atoms with E-state index in [2.05, 4.69) is 46.1 Å². The quantitative estimate of drug-likeness (QED) is 0.107. The molecular weight excluding hydrogens is 456 g/mol. The van der Waals surface area contributed by atoms with Gasteiger partial charge in [0, 0.05) is 57.4 Å². The second kappa shape index (κ2) is 26.1. The van der Waals surface area contributed by atoms with E-state index in [0.29, 0.717) is 32.4 Å². The second-order valence-corrected chi connectivity index (χ2v) is 6.75. The van der Waals surface area contributed by atoms with Crippen molar-refractivity contribution in [1.82, 2.24) is 9.80 Å². The van der Waals surface area contributed by atoms with Crippen molar-refractivity contribution in [3.05, 3.63) is 88.2 Å². The summed E-state index contributed by atoms with van der Waals surface area (Å²) in [5, 5.41) is 8.17. The van der Waals surface area contributed by atoms with Crippen LogP contribution in [-0.4, -0.2) is 71.4 Å². The van der Waals surface area contributed by atoms with Crippen molar-refractivity contribution in [3.63, 3.8) is 0 Å². The van der Waals surface area contributed by atoms with E-state index < -0.39 is 11.2 Å². The zero-order valence-electron chi connectivity index (χ0n) is 20.1. The topological polar surface area (TPSA) is 87.2 Å². The Kier molecular flexibility index (Phi) is 27.2. The molecule has 0 aromatic heterocycles. The van der Waals surface area contributed by atoms with E-state index in [9.17, 15) is 14.4 Å². The van der Waals surface area contributed by atoms with Crippen molar-refractivity contribution < 1.29 is 24.2 Å². The molecule has 0 heterocycles. The van der Waals surface area contributed by atoms with Crippen molar-refractivity contribution in [2.24, 2.45) is 0 Å². The summed E-state index contributed by atoms with van der Waals surface area (Å²) in [5.41, 5.74) is 0.928. The van der Waals surface area contributed by atoms with Gasteiger partial charge in [0.1, 0.15) is 0 Å². The van der Waals surface area contributed by atoms with Crippen LogP contribution in [0, 0.1) is 0 Å². The normalized spacial score (nSPS) is 8.76. The Morgan fingerprint density at radius 3 is 1.59 bits per heavy atom. The lowest BCUT2D eigenvalue weighted by Crippen LogP contribution is -2.31. The molecule has 0 saturated heterocycles. The number of ether oxygens (including phenoxy) is 1. The summed E-state index contributed by atoms with van der Waals surface area (Å²) in [6, 6.07) is 0. The van der Waals surface area contributed by atoms with Crippen LogP contribution in [-0.2, 0) is 19.1 Å². The van der Waals surface area contributed by atoms with Gasteiger partial charge in [-0.3, -0.25) is 9.59 Å². The van der Waals surface area contributed by atoms with Gasteiger partial charge >= 0.3 is 5.97 Å². The number of carbonyl (C=O) groups is 3. The highest BCUT2D eigenvalue weighted by atomic mass is 35.5. The van der Waals surface area contributed by atoms with E-state index in [-0.39, 0.29) is 19.1 Å². The number of nitrogens with zero attached hydrogens (tertiary/aromatic N) is 2. The van der Waals surface area contributed by atoms with Crippen LogP contribution in [0.2, 0.25) is 0 Å². The maximum absolute atomic E-state index is 11.7.